The van der Waals surface area contributed by atoms with Crippen molar-refractivity contribution in [3.05, 3.63) is 20.8 Å². The summed E-state index contributed by atoms with van der Waals surface area (Å²) in [5.74, 6) is 1.46. The fourth-order valence-electron chi connectivity index (χ4n) is 2.81. The largest absolute Gasteiger partial charge is 0.389 e. The SMILES string of the molecule is OC1(Cc2cc(Br)cs2)CCC2CC21. The predicted molar refractivity (Wildman–Crippen MR) is 61.5 cm³/mol. The summed E-state index contributed by atoms with van der Waals surface area (Å²) in [6.07, 6.45) is 4.39. The Morgan fingerprint density at radius 1 is 1.64 bits per heavy atom. The summed E-state index contributed by atoms with van der Waals surface area (Å²) in [6.45, 7) is 0. The zero-order chi connectivity index (χ0) is 9.76. The van der Waals surface area contributed by atoms with Crippen LogP contribution in [0, 0.1) is 11.8 Å². The molecule has 14 heavy (non-hydrogen) atoms. The van der Waals surface area contributed by atoms with Gasteiger partial charge in [0.1, 0.15) is 0 Å². The van der Waals surface area contributed by atoms with Crippen LogP contribution in [0.2, 0.25) is 0 Å². The topological polar surface area (TPSA) is 20.2 Å². The lowest BCUT2D eigenvalue weighted by Gasteiger charge is -2.23. The minimum absolute atomic E-state index is 0.366. The molecule has 0 bridgehead atoms. The first-order valence-electron chi connectivity index (χ1n) is 5.13. The van der Waals surface area contributed by atoms with Crippen molar-refractivity contribution in [3.8, 4) is 0 Å². The van der Waals surface area contributed by atoms with Crippen LogP contribution in [0.1, 0.15) is 24.1 Å². The van der Waals surface area contributed by atoms with E-state index in [4.69, 9.17) is 0 Å². The van der Waals surface area contributed by atoms with Crippen LogP contribution in [-0.4, -0.2) is 10.7 Å². The van der Waals surface area contributed by atoms with Crippen LogP contribution in [0.4, 0.5) is 0 Å². The highest BCUT2D eigenvalue weighted by Gasteiger charge is 2.56. The molecule has 2 fully saturated rings. The second kappa shape index (κ2) is 3.06. The van der Waals surface area contributed by atoms with Crippen LogP contribution in [0.3, 0.4) is 0 Å². The van der Waals surface area contributed by atoms with Crippen molar-refractivity contribution in [2.24, 2.45) is 11.8 Å². The summed E-state index contributed by atoms with van der Waals surface area (Å²) in [7, 11) is 0. The molecule has 1 aromatic rings. The maximum absolute atomic E-state index is 10.5. The van der Waals surface area contributed by atoms with Gasteiger partial charge in [0, 0.05) is 21.2 Å². The molecular formula is C11H13BrOS. The second-order valence-electron chi connectivity index (χ2n) is 4.65. The van der Waals surface area contributed by atoms with Gasteiger partial charge in [-0.3, -0.25) is 0 Å². The van der Waals surface area contributed by atoms with Gasteiger partial charge in [0.05, 0.1) is 5.60 Å². The van der Waals surface area contributed by atoms with Crippen LogP contribution in [0.15, 0.2) is 15.9 Å². The summed E-state index contributed by atoms with van der Waals surface area (Å²) in [5, 5.41) is 12.6. The smallest absolute Gasteiger partial charge is 0.0726 e. The quantitative estimate of drug-likeness (QED) is 0.877. The van der Waals surface area contributed by atoms with Crippen LogP contribution in [-0.2, 0) is 6.42 Å². The minimum Gasteiger partial charge on any atom is -0.389 e. The number of hydrogen-bond donors (Lipinski definition) is 1. The van der Waals surface area contributed by atoms with Crippen LogP contribution in [0.5, 0.6) is 0 Å². The van der Waals surface area contributed by atoms with E-state index in [1.165, 1.54) is 17.7 Å². The molecule has 1 heterocycles. The molecule has 0 radical (unpaired) electrons. The van der Waals surface area contributed by atoms with Crippen molar-refractivity contribution in [2.75, 3.05) is 0 Å². The standard InChI is InChI=1S/C11H13BrOS/c12-8-4-9(14-6-8)5-11(13)2-1-7-3-10(7)11/h4,6-7,10,13H,1-3,5H2. The summed E-state index contributed by atoms with van der Waals surface area (Å²) in [5.41, 5.74) is -0.366. The second-order valence-corrected chi connectivity index (χ2v) is 6.56. The molecule has 1 nitrogen and oxygen atoms in total. The maximum atomic E-state index is 10.5. The first-order valence-corrected chi connectivity index (χ1v) is 6.80. The summed E-state index contributed by atoms with van der Waals surface area (Å²) < 4.78 is 1.14. The Kier molecular flexibility index (Phi) is 2.05. The van der Waals surface area contributed by atoms with Crippen LogP contribution < -0.4 is 0 Å². The van der Waals surface area contributed by atoms with Crippen molar-refractivity contribution in [1.29, 1.82) is 0 Å². The van der Waals surface area contributed by atoms with Crippen molar-refractivity contribution >= 4 is 27.3 Å². The van der Waals surface area contributed by atoms with E-state index in [2.05, 4.69) is 27.4 Å². The number of halogens is 1. The van der Waals surface area contributed by atoms with Gasteiger partial charge < -0.3 is 5.11 Å². The van der Waals surface area contributed by atoms with Gasteiger partial charge in [-0.2, -0.15) is 0 Å². The number of fused-ring (bicyclic) bond motifs is 1. The lowest BCUT2D eigenvalue weighted by atomic mass is 9.93. The zero-order valence-corrected chi connectivity index (χ0v) is 10.3. The minimum atomic E-state index is -0.366. The normalized spacial score (nSPS) is 39.9. The predicted octanol–water partition coefficient (Wildman–Crippen LogP) is 3.21. The number of rotatable bonds is 2. The van der Waals surface area contributed by atoms with Crippen molar-refractivity contribution in [1.82, 2.24) is 0 Å². The Morgan fingerprint density at radius 2 is 2.50 bits per heavy atom. The lowest BCUT2D eigenvalue weighted by Crippen LogP contribution is -2.30. The molecular weight excluding hydrogens is 260 g/mol. The van der Waals surface area contributed by atoms with E-state index in [9.17, 15) is 5.11 Å². The van der Waals surface area contributed by atoms with Gasteiger partial charge in [-0.1, -0.05) is 0 Å². The fraction of sp³-hybridized carbons (Fsp3) is 0.636. The molecule has 0 amide bonds. The highest BCUT2D eigenvalue weighted by Crippen LogP contribution is 2.58. The molecule has 3 unspecified atom stereocenters. The van der Waals surface area contributed by atoms with Crippen molar-refractivity contribution in [2.45, 2.75) is 31.3 Å². The number of aliphatic hydroxyl groups is 1. The average Bonchev–Trinajstić information content (AvgIpc) is 2.74. The number of hydrogen-bond acceptors (Lipinski definition) is 2. The summed E-state index contributed by atoms with van der Waals surface area (Å²) in [6, 6.07) is 2.14. The van der Waals surface area contributed by atoms with E-state index in [0.717, 1.165) is 23.2 Å². The molecule has 2 aliphatic carbocycles. The molecule has 3 heteroatoms. The van der Waals surface area contributed by atoms with Crippen LogP contribution >= 0.6 is 27.3 Å². The molecule has 0 saturated heterocycles. The maximum Gasteiger partial charge on any atom is 0.0726 e. The van der Waals surface area contributed by atoms with Crippen molar-refractivity contribution < 1.29 is 5.11 Å². The molecule has 3 atom stereocenters. The Balaban J connectivity index is 1.77. The lowest BCUT2D eigenvalue weighted by molar-refractivity contribution is 0.0261. The molecule has 1 aromatic heterocycles. The molecule has 0 aliphatic heterocycles. The van der Waals surface area contributed by atoms with E-state index in [-0.39, 0.29) is 5.60 Å². The summed E-state index contributed by atoms with van der Waals surface area (Å²) in [4.78, 5) is 1.31. The van der Waals surface area contributed by atoms with Crippen molar-refractivity contribution in [3.63, 3.8) is 0 Å². The molecule has 0 spiro atoms. The molecule has 2 aliphatic rings. The van der Waals surface area contributed by atoms with Gasteiger partial charge in [0.2, 0.25) is 0 Å². The van der Waals surface area contributed by atoms with Gasteiger partial charge in [0.25, 0.3) is 0 Å². The Bertz CT molecular complexity index is 362. The summed E-state index contributed by atoms with van der Waals surface area (Å²) >= 11 is 5.20. The van der Waals surface area contributed by atoms with Gasteiger partial charge in [0.15, 0.2) is 0 Å². The van der Waals surface area contributed by atoms with E-state index in [0.29, 0.717) is 5.92 Å². The van der Waals surface area contributed by atoms with E-state index in [1.54, 1.807) is 11.3 Å². The highest BCUT2D eigenvalue weighted by molar-refractivity contribution is 9.10. The average molecular weight is 273 g/mol. The molecule has 76 valence electrons. The third kappa shape index (κ3) is 1.46. The third-order valence-corrected chi connectivity index (χ3v) is 5.36. The van der Waals surface area contributed by atoms with Gasteiger partial charge in [-0.25, -0.2) is 0 Å². The first-order chi connectivity index (χ1) is 6.67. The molecule has 2 saturated carbocycles. The van der Waals surface area contributed by atoms with E-state index >= 15 is 0 Å². The fourth-order valence-corrected chi connectivity index (χ4v) is 4.38. The van der Waals surface area contributed by atoms with Gasteiger partial charge in [-0.15, -0.1) is 11.3 Å². The Labute approximate surface area is 96.3 Å². The third-order valence-electron chi connectivity index (χ3n) is 3.66. The number of thiophene rings is 1. The molecule has 0 aromatic carbocycles. The zero-order valence-electron chi connectivity index (χ0n) is 7.87. The van der Waals surface area contributed by atoms with E-state index < -0.39 is 0 Å². The Hall–Kier alpha value is 0.140. The van der Waals surface area contributed by atoms with Gasteiger partial charge >= 0.3 is 0 Å². The van der Waals surface area contributed by atoms with Crippen LogP contribution in [0.25, 0.3) is 0 Å². The Morgan fingerprint density at radius 3 is 3.00 bits per heavy atom. The first kappa shape index (κ1) is 9.37. The monoisotopic (exact) mass is 272 g/mol. The highest BCUT2D eigenvalue weighted by atomic mass is 79.9. The van der Waals surface area contributed by atoms with Gasteiger partial charge in [-0.05, 0) is 53.1 Å². The molecule has 1 N–H and O–H groups in total. The van der Waals surface area contributed by atoms with E-state index in [1.807, 2.05) is 0 Å². The molecule has 3 rings (SSSR count).